The molecule has 11 heavy (non-hydrogen) atoms. The van der Waals surface area contributed by atoms with Gasteiger partial charge in [0, 0.05) is 19.7 Å². The lowest BCUT2D eigenvalue weighted by atomic mass is 10.1. The predicted molar refractivity (Wildman–Crippen MR) is 42.0 cm³/mol. The summed E-state index contributed by atoms with van der Waals surface area (Å²) in [6.45, 7) is 4.24. The number of hydrogen-bond acceptors (Lipinski definition) is 3. The molecule has 0 unspecified atom stereocenters. The molecule has 0 aliphatic carbocycles. The zero-order chi connectivity index (χ0) is 8.10. The van der Waals surface area contributed by atoms with E-state index >= 15 is 0 Å². The average molecular weight is 158 g/mol. The van der Waals surface area contributed by atoms with Crippen molar-refractivity contribution in [2.75, 3.05) is 19.7 Å². The molecule has 0 aromatic rings. The number of piperidine rings is 1. The third-order valence-electron chi connectivity index (χ3n) is 1.94. The summed E-state index contributed by atoms with van der Waals surface area (Å²) in [5.41, 5.74) is 0. The van der Waals surface area contributed by atoms with Crippen LogP contribution in [0.1, 0.15) is 19.8 Å². The summed E-state index contributed by atoms with van der Waals surface area (Å²) in [5, 5.41) is 4.42. The van der Waals surface area contributed by atoms with Crippen LogP contribution in [0.5, 0.6) is 0 Å². The third-order valence-corrected chi connectivity index (χ3v) is 1.94. The molecule has 0 bridgehead atoms. The molecule has 0 aromatic heterocycles. The molecule has 1 rings (SSSR count). The summed E-state index contributed by atoms with van der Waals surface area (Å²) in [5.74, 6) is 0. The largest absolute Gasteiger partial charge is 0.378 e. The van der Waals surface area contributed by atoms with Gasteiger partial charge in [0.25, 0.3) is 0 Å². The second kappa shape index (κ2) is 4.28. The minimum atomic E-state index is 0.345. The molecule has 0 radical (unpaired) electrons. The van der Waals surface area contributed by atoms with Crippen LogP contribution in [0.2, 0.25) is 0 Å². The van der Waals surface area contributed by atoms with E-state index in [4.69, 9.17) is 4.74 Å². The fraction of sp³-hybridized carbons (Fsp3) is 1.00. The molecule has 4 nitrogen and oxygen atoms in total. The highest BCUT2D eigenvalue weighted by Gasteiger charge is 2.18. The Morgan fingerprint density at radius 1 is 1.55 bits per heavy atom. The van der Waals surface area contributed by atoms with Crippen LogP contribution >= 0.6 is 0 Å². The monoisotopic (exact) mass is 158 g/mol. The van der Waals surface area contributed by atoms with Gasteiger partial charge in [-0.1, -0.05) is 0 Å². The average Bonchev–Trinajstić information content (AvgIpc) is 2.07. The predicted octanol–water partition coefficient (Wildman–Crippen LogP) is 1.17. The lowest BCUT2D eigenvalue weighted by Crippen LogP contribution is -2.33. The molecule has 0 saturated carbocycles. The normalized spacial score (nSPS) is 20.3. The van der Waals surface area contributed by atoms with E-state index in [1.165, 1.54) is 0 Å². The maximum absolute atomic E-state index is 10.1. The molecule has 0 N–H and O–H groups in total. The molecule has 0 atom stereocenters. The Hall–Kier alpha value is -0.640. The van der Waals surface area contributed by atoms with Crippen LogP contribution in [0, 0.1) is 4.91 Å². The Bertz CT molecular complexity index is 122. The highest BCUT2D eigenvalue weighted by molar-refractivity contribution is 4.69. The van der Waals surface area contributed by atoms with Gasteiger partial charge in [0.05, 0.1) is 11.4 Å². The van der Waals surface area contributed by atoms with E-state index in [0.717, 1.165) is 32.5 Å². The first-order valence-electron chi connectivity index (χ1n) is 4.06. The number of rotatable bonds is 3. The lowest BCUT2D eigenvalue weighted by molar-refractivity contribution is 0.0144. The van der Waals surface area contributed by atoms with Crippen LogP contribution in [-0.4, -0.2) is 30.8 Å². The molecular formula is C7H14N2O2. The number of nitroso groups, excluding NO2 is 1. The van der Waals surface area contributed by atoms with Gasteiger partial charge in [-0.2, -0.15) is 0 Å². The van der Waals surface area contributed by atoms with Crippen molar-refractivity contribution in [1.82, 2.24) is 5.01 Å². The summed E-state index contributed by atoms with van der Waals surface area (Å²) in [7, 11) is 0. The van der Waals surface area contributed by atoms with Crippen molar-refractivity contribution in [3.05, 3.63) is 4.91 Å². The minimum Gasteiger partial charge on any atom is -0.378 e. The fourth-order valence-electron chi connectivity index (χ4n) is 1.33. The summed E-state index contributed by atoms with van der Waals surface area (Å²) >= 11 is 0. The summed E-state index contributed by atoms with van der Waals surface area (Å²) < 4.78 is 5.41. The lowest BCUT2D eigenvalue weighted by Gasteiger charge is -2.27. The van der Waals surface area contributed by atoms with Gasteiger partial charge >= 0.3 is 0 Å². The second-order valence-corrected chi connectivity index (χ2v) is 2.69. The van der Waals surface area contributed by atoms with E-state index in [-0.39, 0.29) is 0 Å². The van der Waals surface area contributed by atoms with Crippen molar-refractivity contribution in [3.8, 4) is 0 Å². The molecule has 1 aliphatic rings. The van der Waals surface area contributed by atoms with Crippen LogP contribution in [0.15, 0.2) is 5.29 Å². The smallest absolute Gasteiger partial charge is 0.0610 e. The van der Waals surface area contributed by atoms with Gasteiger partial charge in [0.15, 0.2) is 0 Å². The fourth-order valence-corrected chi connectivity index (χ4v) is 1.33. The summed E-state index contributed by atoms with van der Waals surface area (Å²) in [6.07, 6.45) is 2.21. The zero-order valence-corrected chi connectivity index (χ0v) is 6.82. The van der Waals surface area contributed by atoms with Gasteiger partial charge in [-0.15, -0.1) is 4.91 Å². The van der Waals surface area contributed by atoms with Gasteiger partial charge in [-0.25, -0.2) is 0 Å². The first-order valence-corrected chi connectivity index (χ1v) is 4.06. The minimum absolute atomic E-state index is 0.345. The molecule has 4 heteroatoms. The number of hydrogen-bond donors (Lipinski definition) is 0. The van der Waals surface area contributed by atoms with Crippen LogP contribution in [-0.2, 0) is 4.74 Å². The second-order valence-electron chi connectivity index (χ2n) is 2.69. The van der Waals surface area contributed by atoms with E-state index in [1.54, 1.807) is 5.01 Å². The van der Waals surface area contributed by atoms with Crippen molar-refractivity contribution >= 4 is 0 Å². The van der Waals surface area contributed by atoms with E-state index in [0.29, 0.717) is 6.10 Å². The van der Waals surface area contributed by atoms with Gasteiger partial charge in [-0.05, 0) is 19.8 Å². The molecule has 0 spiro atoms. The summed E-state index contributed by atoms with van der Waals surface area (Å²) in [6, 6.07) is 0. The zero-order valence-electron chi connectivity index (χ0n) is 6.82. The number of ether oxygens (including phenoxy) is 1. The Morgan fingerprint density at radius 2 is 2.18 bits per heavy atom. The van der Waals surface area contributed by atoms with Crippen LogP contribution in [0.3, 0.4) is 0 Å². The van der Waals surface area contributed by atoms with Crippen molar-refractivity contribution in [2.24, 2.45) is 5.29 Å². The van der Waals surface area contributed by atoms with Crippen molar-refractivity contribution in [2.45, 2.75) is 25.9 Å². The highest BCUT2D eigenvalue weighted by atomic mass is 16.5. The first kappa shape index (κ1) is 8.46. The van der Waals surface area contributed by atoms with Crippen LogP contribution in [0.4, 0.5) is 0 Å². The first-order chi connectivity index (χ1) is 5.36. The molecule has 0 amide bonds. The molecule has 64 valence electrons. The number of nitrogens with zero attached hydrogens (tertiary/aromatic N) is 2. The molecule has 1 aliphatic heterocycles. The van der Waals surface area contributed by atoms with E-state index in [9.17, 15) is 4.91 Å². The quantitative estimate of drug-likeness (QED) is 0.579. The summed E-state index contributed by atoms with van der Waals surface area (Å²) in [4.78, 5) is 10.1. The third kappa shape index (κ3) is 2.46. The van der Waals surface area contributed by atoms with Crippen LogP contribution < -0.4 is 0 Å². The maximum Gasteiger partial charge on any atom is 0.0610 e. The highest BCUT2D eigenvalue weighted by Crippen LogP contribution is 2.12. The van der Waals surface area contributed by atoms with Crippen molar-refractivity contribution in [1.29, 1.82) is 0 Å². The standard InChI is InChI=1S/C7H14N2O2/c1-2-11-7-3-5-9(8-10)6-4-7/h7H,2-6H2,1H3. The van der Waals surface area contributed by atoms with Gasteiger partial charge < -0.3 is 4.74 Å². The van der Waals surface area contributed by atoms with E-state index in [1.807, 2.05) is 6.92 Å². The van der Waals surface area contributed by atoms with Gasteiger partial charge in [0.2, 0.25) is 0 Å². The molecule has 0 aromatic carbocycles. The molecule has 1 fully saturated rings. The topological polar surface area (TPSA) is 41.9 Å². The Kier molecular flexibility index (Phi) is 3.29. The Morgan fingerprint density at radius 3 is 2.64 bits per heavy atom. The van der Waals surface area contributed by atoms with Crippen molar-refractivity contribution in [3.63, 3.8) is 0 Å². The molecule has 1 saturated heterocycles. The van der Waals surface area contributed by atoms with Gasteiger partial charge in [-0.3, -0.25) is 5.01 Å². The Balaban J connectivity index is 2.18. The Labute approximate surface area is 66.5 Å². The maximum atomic E-state index is 10.1. The SMILES string of the molecule is CCOC1CCN(N=O)CC1. The van der Waals surface area contributed by atoms with Crippen LogP contribution in [0.25, 0.3) is 0 Å². The van der Waals surface area contributed by atoms with Gasteiger partial charge in [0.1, 0.15) is 0 Å². The molecular weight excluding hydrogens is 144 g/mol. The molecule has 1 heterocycles. The van der Waals surface area contributed by atoms with Crippen molar-refractivity contribution < 1.29 is 4.74 Å². The van der Waals surface area contributed by atoms with E-state index in [2.05, 4.69) is 5.29 Å². The van der Waals surface area contributed by atoms with E-state index < -0.39 is 0 Å².